The van der Waals surface area contributed by atoms with Gasteiger partial charge in [0.05, 0.1) is 5.69 Å². The molecule has 0 aliphatic heterocycles. The first kappa shape index (κ1) is 13.7. The number of aryl methyl sites for hydroxylation is 1. The molecule has 1 N–H and O–H groups in total. The van der Waals surface area contributed by atoms with Gasteiger partial charge in [-0.3, -0.25) is 9.20 Å². The van der Waals surface area contributed by atoms with E-state index in [0.29, 0.717) is 17.2 Å². The molecule has 0 aliphatic rings. The van der Waals surface area contributed by atoms with Crippen LogP contribution in [-0.2, 0) is 0 Å². The molecule has 0 radical (unpaired) electrons. The summed E-state index contributed by atoms with van der Waals surface area (Å²) in [4.78, 5) is 20.7. The lowest BCUT2D eigenvalue weighted by molar-refractivity contribution is 0.102. The maximum atomic E-state index is 13.4. The molecule has 3 heterocycles. The average Bonchev–Trinajstić information content (AvgIpc) is 2.76. The van der Waals surface area contributed by atoms with Crippen LogP contribution >= 0.6 is 15.9 Å². The second kappa shape index (κ2) is 5.25. The topological polar surface area (TPSA) is 59.3 Å². The van der Waals surface area contributed by atoms with E-state index in [1.165, 1.54) is 22.7 Å². The molecule has 0 saturated heterocycles. The fourth-order valence-electron chi connectivity index (χ4n) is 2.04. The van der Waals surface area contributed by atoms with Crippen molar-refractivity contribution in [2.75, 3.05) is 5.32 Å². The molecular weight excluding hydrogens is 339 g/mol. The predicted octanol–water partition coefficient (Wildman–Crippen LogP) is 3.19. The lowest BCUT2D eigenvalue weighted by atomic mass is 10.3. The zero-order chi connectivity index (χ0) is 15.0. The van der Waals surface area contributed by atoms with Crippen molar-refractivity contribution < 1.29 is 9.18 Å². The van der Waals surface area contributed by atoms with Gasteiger partial charge in [0.25, 0.3) is 5.91 Å². The fourth-order valence-corrected chi connectivity index (χ4v) is 2.27. The van der Waals surface area contributed by atoms with Crippen LogP contribution in [0, 0.1) is 12.7 Å². The number of aromatic nitrogens is 3. The van der Waals surface area contributed by atoms with Crippen molar-refractivity contribution in [1.82, 2.24) is 14.4 Å². The molecule has 3 aromatic rings. The normalized spacial score (nSPS) is 10.8. The number of amides is 1. The highest BCUT2D eigenvalue weighted by Gasteiger charge is 2.17. The van der Waals surface area contributed by atoms with E-state index in [1.54, 1.807) is 25.3 Å². The Morgan fingerprint density at radius 2 is 2.14 bits per heavy atom. The number of pyridine rings is 2. The molecule has 5 nitrogen and oxygen atoms in total. The second-order valence-corrected chi connectivity index (χ2v) is 5.35. The van der Waals surface area contributed by atoms with Gasteiger partial charge in [0, 0.05) is 16.9 Å². The molecule has 106 valence electrons. The number of hydrogen-bond acceptors (Lipinski definition) is 3. The molecule has 3 aromatic heterocycles. The molecule has 0 aromatic carbocycles. The first-order valence-electron chi connectivity index (χ1n) is 6.12. The summed E-state index contributed by atoms with van der Waals surface area (Å²) in [6, 6.07) is 6.27. The minimum absolute atomic E-state index is 0.286. The Labute approximate surface area is 128 Å². The van der Waals surface area contributed by atoms with E-state index in [4.69, 9.17) is 0 Å². The monoisotopic (exact) mass is 348 g/mol. The van der Waals surface area contributed by atoms with Crippen LogP contribution in [0.25, 0.3) is 5.65 Å². The third-order valence-corrected chi connectivity index (χ3v) is 3.41. The second-order valence-electron chi connectivity index (χ2n) is 4.44. The SMILES string of the molecule is Cc1nc2ccc(F)cn2c1C(=O)Nc1ccc(Br)cn1. The molecule has 21 heavy (non-hydrogen) atoms. The standard InChI is InChI=1S/C14H10BrFN4O/c1-8-13(20-7-10(16)3-5-12(20)18-8)14(21)19-11-4-2-9(15)6-17-11/h2-7H,1H3,(H,17,19,21). The highest BCUT2D eigenvalue weighted by Crippen LogP contribution is 2.16. The molecular formula is C14H10BrFN4O. The number of fused-ring (bicyclic) bond motifs is 1. The van der Waals surface area contributed by atoms with Crippen LogP contribution in [0.2, 0.25) is 0 Å². The molecule has 3 rings (SSSR count). The quantitative estimate of drug-likeness (QED) is 0.773. The molecule has 0 bridgehead atoms. The minimum Gasteiger partial charge on any atom is -0.305 e. The Morgan fingerprint density at radius 3 is 2.86 bits per heavy atom. The van der Waals surface area contributed by atoms with Crippen LogP contribution in [0.3, 0.4) is 0 Å². The Balaban J connectivity index is 1.99. The van der Waals surface area contributed by atoms with E-state index in [0.717, 1.165) is 4.47 Å². The van der Waals surface area contributed by atoms with Gasteiger partial charge < -0.3 is 5.32 Å². The first-order chi connectivity index (χ1) is 10.0. The minimum atomic E-state index is -0.435. The Hall–Kier alpha value is -2.28. The molecule has 0 aliphatic carbocycles. The van der Waals surface area contributed by atoms with Gasteiger partial charge in [0.1, 0.15) is 23.0 Å². The molecule has 0 saturated carbocycles. The predicted molar refractivity (Wildman–Crippen MR) is 79.8 cm³/mol. The first-order valence-corrected chi connectivity index (χ1v) is 6.91. The summed E-state index contributed by atoms with van der Waals surface area (Å²) in [5, 5.41) is 2.67. The maximum Gasteiger partial charge on any atom is 0.275 e. The van der Waals surface area contributed by atoms with Gasteiger partial charge in [-0.15, -0.1) is 0 Å². The summed E-state index contributed by atoms with van der Waals surface area (Å²) in [5.74, 6) is -0.412. The van der Waals surface area contributed by atoms with E-state index in [2.05, 4.69) is 31.2 Å². The highest BCUT2D eigenvalue weighted by molar-refractivity contribution is 9.10. The summed E-state index contributed by atoms with van der Waals surface area (Å²) < 4.78 is 15.6. The van der Waals surface area contributed by atoms with Gasteiger partial charge in [0.15, 0.2) is 0 Å². The van der Waals surface area contributed by atoms with Crippen molar-refractivity contribution >= 4 is 33.3 Å². The Bertz CT molecular complexity index is 829. The van der Waals surface area contributed by atoms with Crippen molar-refractivity contribution in [3.8, 4) is 0 Å². The number of rotatable bonds is 2. The summed E-state index contributed by atoms with van der Waals surface area (Å²) in [6.45, 7) is 1.70. The number of carbonyl (C=O) groups excluding carboxylic acids is 1. The summed E-state index contributed by atoms with van der Waals surface area (Å²) in [5.41, 5.74) is 1.33. The fraction of sp³-hybridized carbons (Fsp3) is 0.0714. The molecule has 0 unspecified atom stereocenters. The smallest absolute Gasteiger partial charge is 0.275 e. The number of halogens is 2. The summed E-state index contributed by atoms with van der Waals surface area (Å²) >= 11 is 3.27. The van der Waals surface area contributed by atoms with Gasteiger partial charge in [0.2, 0.25) is 0 Å². The number of nitrogens with zero attached hydrogens (tertiary/aromatic N) is 3. The van der Waals surface area contributed by atoms with Gasteiger partial charge in [-0.1, -0.05) is 0 Å². The van der Waals surface area contributed by atoms with Crippen LogP contribution in [0.1, 0.15) is 16.2 Å². The number of anilines is 1. The lowest BCUT2D eigenvalue weighted by Crippen LogP contribution is -2.16. The zero-order valence-corrected chi connectivity index (χ0v) is 12.6. The third kappa shape index (κ3) is 2.64. The van der Waals surface area contributed by atoms with Crippen LogP contribution < -0.4 is 5.32 Å². The van der Waals surface area contributed by atoms with E-state index in [9.17, 15) is 9.18 Å². The molecule has 0 spiro atoms. The van der Waals surface area contributed by atoms with E-state index in [1.807, 2.05) is 0 Å². The van der Waals surface area contributed by atoms with Gasteiger partial charge in [-0.2, -0.15) is 0 Å². The van der Waals surface area contributed by atoms with E-state index in [-0.39, 0.29) is 11.6 Å². The van der Waals surface area contributed by atoms with Crippen molar-refractivity contribution in [3.63, 3.8) is 0 Å². The summed E-state index contributed by atoms with van der Waals surface area (Å²) in [6.07, 6.45) is 2.82. The maximum absolute atomic E-state index is 13.4. The molecule has 7 heteroatoms. The number of carbonyl (C=O) groups is 1. The van der Waals surface area contributed by atoms with Crippen LogP contribution in [0.5, 0.6) is 0 Å². The largest absolute Gasteiger partial charge is 0.305 e. The Morgan fingerprint density at radius 1 is 1.33 bits per heavy atom. The van der Waals surface area contributed by atoms with Crippen LogP contribution in [0.4, 0.5) is 10.2 Å². The lowest BCUT2D eigenvalue weighted by Gasteiger charge is -2.05. The van der Waals surface area contributed by atoms with Gasteiger partial charge >= 0.3 is 0 Å². The molecule has 1 amide bonds. The Kier molecular flexibility index (Phi) is 3.42. The number of hydrogen-bond donors (Lipinski definition) is 1. The number of nitrogens with one attached hydrogen (secondary N) is 1. The van der Waals surface area contributed by atoms with Crippen molar-refractivity contribution in [2.24, 2.45) is 0 Å². The highest BCUT2D eigenvalue weighted by atomic mass is 79.9. The third-order valence-electron chi connectivity index (χ3n) is 2.94. The van der Waals surface area contributed by atoms with Crippen LogP contribution in [0.15, 0.2) is 41.1 Å². The van der Waals surface area contributed by atoms with Crippen molar-refractivity contribution in [3.05, 3.63) is 58.3 Å². The van der Waals surface area contributed by atoms with Crippen LogP contribution in [-0.4, -0.2) is 20.3 Å². The number of imidazole rings is 1. The van der Waals surface area contributed by atoms with Gasteiger partial charge in [-0.05, 0) is 47.1 Å². The van der Waals surface area contributed by atoms with Gasteiger partial charge in [-0.25, -0.2) is 14.4 Å². The molecule has 0 atom stereocenters. The van der Waals surface area contributed by atoms with Crippen molar-refractivity contribution in [2.45, 2.75) is 6.92 Å². The molecule has 0 fully saturated rings. The average molecular weight is 349 g/mol. The van der Waals surface area contributed by atoms with E-state index >= 15 is 0 Å². The van der Waals surface area contributed by atoms with Crippen molar-refractivity contribution in [1.29, 1.82) is 0 Å². The summed E-state index contributed by atoms with van der Waals surface area (Å²) in [7, 11) is 0. The zero-order valence-electron chi connectivity index (χ0n) is 11.0. The van der Waals surface area contributed by atoms with E-state index < -0.39 is 5.82 Å².